The molecule has 5 aliphatic heterocycles. The molecule has 0 bridgehead atoms. The van der Waals surface area contributed by atoms with Gasteiger partial charge in [0.05, 0.1) is 47.8 Å². The van der Waals surface area contributed by atoms with Crippen LogP contribution in [0.1, 0.15) is 42.4 Å². The summed E-state index contributed by atoms with van der Waals surface area (Å²) in [5.41, 5.74) is 9.99. The fourth-order valence-corrected chi connectivity index (χ4v) is 15.1. The molecule has 6 aliphatic rings. The number of amides is 2. The van der Waals surface area contributed by atoms with Crippen LogP contribution in [0.15, 0.2) is 125 Å². The summed E-state index contributed by atoms with van der Waals surface area (Å²) in [5.74, 6) is -0.267. The van der Waals surface area contributed by atoms with Gasteiger partial charge in [-0.05, 0) is 122 Å². The second kappa shape index (κ2) is 20.0. The molecule has 5 aromatic carbocycles. The summed E-state index contributed by atoms with van der Waals surface area (Å²) in [6.07, 6.45) is 4.65. The quantitative estimate of drug-likeness (QED) is 0.105. The number of rotatable bonds is 15. The highest BCUT2D eigenvalue weighted by atomic mass is 32.2. The molecule has 0 radical (unpaired) electrons. The van der Waals surface area contributed by atoms with Crippen molar-refractivity contribution in [1.29, 1.82) is 0 Å². The minimum atomic E-state index is -4.03. The number of likely N-dealkylation sites (N-methyl/N-ethyl adjacent to an activating group) is 1. The second-order valence-electron chi connectivity index (χ2n) is 22.4. The first-order chi connectivity index (χ1) is 37.7. The van der Waals surface area contributed by atoms with Crippen LogP contribution in [0.25, 0.3) is 44.3 Å². The lowest BCUT2D eigenvalue weighted by Crippen LogP contribution is -2.61. The van der Waals surface area contributed by atoms with Gasteiger partial charge >= 0.3 is 0 Å². The summed E-state index contributed by atoms with van der Waals surface area (Å²) in [7, 11) is -6.57. The van der Waals surface area contributed by atoms with E-state index >= 15 is 0 Å². The van der Waals surface area contributed by atoms with E-state index in [1.54, 1.807) is 34.1 Å². The number of sulfonamides is 2. The van der Waals surface area contributed by atoms with Crippen molar-refractivity contribution in [3.63, 3.8) is 0 Å². The number of aromatic nitrogens is 2. The number of carbonyl (C=O) groups excluding carboxylic acids is 2. The summed E-state index contributed by atoms with van der Waals surface area (Å²) < 4.78 is 72.4. The first-order valence-corrected chi connectivity index (χ1v) is 30.4. The van der Waals surface area contributed by atoms with Crippen molar-refractivity contribution in [2.45, 2.75) is 73.0 Å². The van der Waals surface area contributed by atoms with Gasteiger partial charge in [-0.25, -0.2) is 16.8 Å². The van der Waals surface area contributed by atoms with Crippen LogP contribution in [0.4, 0.5) is 11.4 Å². The Morgan fingerprint density at radius 3 is 2.00 bits per heavy atom. The predicted octanol–water partition coefficient (Wildman–Crippen LogP) is 7.43. The summed E-state index contributed by atoms with van der Waals surface area (Å²) in [5, 5.41) is 2.05. The molecule has 2 amide bonds. The van der Waals surface area contributed by atoms with Crippen LogP contribution in [0.3, 0.4) is 0 Å². The van der Waals surface area contributed by atoms with E-state index in [9.17, 15) is 26.4 Å². The Labute approximate surface area is 456 Å². The number of nitrogens with zero attached hydrogens (tertiary/aromatic N) is 6. The maximum absolute atomic E-state index is 14.5. The van der Waals surface area contributed by atoms with Crippen LogP contribution >= 0.6 is 0 Å². The minimum absolute atomic E-state index is 0.138. The van der Waals surface area contributed by atoms with Crippen LogP contribution < -0.4 is 9.80 Å². The topological polar surface area (TPSA) is 172 Å². The van der Waals surface area contributed by atoms with Crippen LogP contribution in [-0.4, -0.2) is 160 Å². The number of carbonyl (C=O) groups is 2. The number of hydrogen-bond donors (Lipinski definition) is 2. The highest BCUT2D eigenvalue weighted by molar-refractivity contribution is 7.89. The number of nitrogens with one attached hydrogen (secondary N) is 2. The molecule has 3 unspecified atom stereocenters. The van der Waals surface area contributed by atoms with Gasteiger partial charge in [-0.2, -0.15) is 8.61 Å². The maximum atomic E-state index is 14.5. The van der Waals surface area contributed by atoms with Crippen molar-refractivity contribution in [1.82, 2.24) is 28.4 Å². The Morgan fingerprint density at radius 1 is 0.679 bits per heavy atom. The molecule has 2 N–H and O–H groups in total. The fourth-order valence-electron chi connectivity index (χ4n) is 12.3. The molecule has 5 saturated heterocycles. The molecule has 7 aromatic rings. The largest absolute Gasteiger partial charge is 0.374 e. The number of hydrogen-bond acceptors (Lipinski definition) is 10. The van der Waals surface area contributed by atoms with E-state index < -0.39 is 31.7 Å². The highest BCUT2D eigenvalue weighted by Crippen LogP contribution is 2.51. The number of aryl methyl sites for hydroxylation is 1. The Bertz CT molecular complexity index is 3710. The lowest BCUT2D eigenvalue weighted by atomic mass is 10.0. The van der Waals surface area contributed by atoms with Crippen molar-refractivity contribution >= 4 is 65.0 Å². The minimum Gasteiger partial charge on any atom is -0.374 e. The third-order valence-corrected chi connectivity index (χ3v) is 21.0. The fraction of sp³-hybridized carbons (Fsp3) is 0.400. The molecule has 7 heterocycles. The van der Waals surface area contributed by atoms with Crippen molar-refractivity contribution in [3.8, 4) is 22.5 Å². The summed E-state index contributed by atoms with van der Waals surface area (Å²) >= 11 is 0. The molecule has 406 valence electrons. The number of anilines is 2. The van der Waals surface area contributed by atoms with E-state index in [4.69, 9.17) is 9.47 Å². The molecule has 4 atom stereocenters. The highest BCUT2D eigenvalue weighted by Gasteiger charge is 2.58. The molecule has 1 saturated carbocycles. The zero-order valence-electron chi connectivity index (χ0n) is 44.2. The van der Waals surface area contributed by atoms with Crippen molar-refractivity contribution < 1.29 is 35.9 Å². The van der Waals surface area contributed by atoms with Gasteiger partial charge in [-0.3, -0.25) is 9.59 Å². The van der Waals surface area contributed by atoms with E-state index in [-0.39, 0.29) is 46.7 Å². The summed E-state index contributed by atoms with van der Waals surface area (Å²) in [6, 6.07) is 36.7. The molecule has 6 fully saturated rings. The number of ether oxygens (including phenoxy) is 2. The van der Waals surface area contributed by atoms with Gasteiger partial charge in [0.15, 0.2) is 0 Å². The van der Waals surface area contributed by atoms with Crippen LogP contribution in [0.5, 0.6) is 0 Å². The molecular weight excluding hydrogens is 1020 g/mol. The average Bonchev–Trinajstić information content (AvgIpc) is 3.89. The van der Waals surface area contributed by atoms with Crippen molar-refractivity contribution in [2.24, 2.45) is 5.92 Å². The second-order valence-corrected chi connectivity index (χ2v) is 26.3. The zero-order valence-corrected chi connectivity index (χ0v) is 45.8. The molecule has 1 spiro atoms. The Balaban J connectivity index is 0.672. The summed E-state index contributed by atoms with van der Waals surface area (Å²) in [4.78, 5) is 43.5. The third-order valence-electron chi connectivity index (χ3n) is 17.3. The number of aromatic amines is 2. The molecule has 16 nitrogen and oxygen atoms in total. The Morgan fingerprint density at radius 2 is 1.33 bits per heavy atom. The van der Waals surface area contributed by atoms with Crippen molar-refractivity contribution in [3.05, 3.63) is 132 Å². The SMILES string of the molecule is Cc1ccc2cc(-c3cc(S(=O)(=O)N(C)CC(=O)N4CCOC5(CC5Cc5ccc6cc(-c7cc(S(=O)(=O)N8CC[C@H]8C(=O)N8CCOC(Cc9ccccc9)C8)ccc7N7CCC7)[nH]c6c5)C4)ccc3N3CCC3)[nH]c2c1. The molecular formula is C60H66N8O8S2. The zero-order chi connectivity index (χ0) is 53.5. The van der Waals surface area contributed by atoms with Crippen LogP contribution in [-0.2, 0) is 52.0 Å². The number of H-pyrrole nitrogens is 2. The van der Waals surface area contributed by atoms with E-state index in [2.05, 4.69) is 68.3 Å². The molecule has 2 aromatic heterocycles. The molecule has 13 rings (SSSR count). The van der Waals surface area contributed by atoms with Gasteiger partial charge in [-0.1, -0.05) is 54.6 Å². The first-order valence-electron chi connectivity index (χ1n) is 27.5. The lowest BCUT2D eigenvalue weighted by molar-refractivity contribution is -0.145. The van der Waals surface area contributed by atoms with Gasteiger partial charge in [-0.15, -0.1) is 0 Å². The third kappa shape index (κ3) is 9.46. The van der Waals surface area contributed by atoms with Gasteiger partial charge in [0.2, 0.25) is 31.9 Å². The van der Waals surface area contributed by atoms with Gasteiger partial charge in [0.1, 0.15) is 6.04 Å². The van der Waals surface area contributed by atoms with Crippen LogP contribution in [0.2, 0.25) is 0 Å². The standard InChI is InChI=1S/C60H66N8O8S2/c1-40-10-12-43-32-53(61-51(43)28-40)49-34-47(14-16-55(49)64-19-6-20-64)77(71,72)63(2)38-58(69)67-25-27-76-60(39-67)36-45(60)29-42-11-13-44-33-54(62-52(44)31-42)50-35-48(15-17-56(50)65-21-7-22-65)78(73,74)68-23-18-57(68)59(70)66-24-26-75-46(37-66)30-41-8-4-3-5-9-41/h3-5,8-17,28,31-35,45-46,57,61-62H,6-7,18-27,29-30,36-39H2,1-2H3/t45?,46?,57-,60?/m0/s1. The summed E-state index contributed by atoms with van der Waals surface area (Å²) in [6.45, 7) is 8.01. The van der Waals surface area contributed by atoms with E-state index in [1.807, 2.05) is 49.4 Å². The normalized spacial score (nSPS) is 22.7. The average molecular weight is 1090 g/mol. The lowest BCUT2D eigenvalue weighted by Gasteiger charge is -2.43. The van der Waals surface area contributed by atoms with Gasteiger partial charge in [0, 0.05) is 122 Å². The molecule has 78 heavy (non-hydrogen) atoms. The first kappa shape index (κ1) is 50.9. The number of morpholine rings is 2. The van der Waals surface area contributed by atoms with Crippen molar-refractivity contribution in [2.75, 3.05) is 95.5 Å². The number of fused-ring (bicyclic) bond motifs is 2. The van der Waals surface area contributed by atoms with Gasteiger partial charge < -0.3 is 39.0 Å². The molecule has 18 heteroatoms. The van der Waals surface area contributed by atoms with E-state index in [1.165, 1.54) is 15.7 Å². The van der Waals surface area contributed by atoms with E-state index in [0.717, 1.165) is 124 Å². The number of benzene rings is 5. The maximum Gasteiger partial charge on any atom is 0.243 e. The predicted molar refractivity (Wildman–Crippen MR) is 302 cm³/mol. The van der Waals surface area contributed by atoms with Gasteiger partial charge in [0.25, 0.3) is 0 Å². The van der Waals surface area contributed by atoms with E-state index in [0.29, 0.717) is 52.2 Å². The van der Waals surface area contributed by atoms with Crippen LogP contribution in [0, 0.1) is 12.8 Å². The Kier molecular flexibility index (Phi) is 13.0. The Hall–Kier alpha value is -6.54. The molecule has 1 aliphatic carbocycles. The smallest absolute Gasteiger partial charge is 0.243 e. The monoisotopic (exact) mass is 1090 g/mol.